The Kier molecular flexibility index (Phi) is 6.14. The van der Waals surface area contributed by atoms with E-state index in [1.54, 1.807) is 25.4 Å². The van der Waals surface area contributed by atoms with E-state index in [0.29, 0.717) is 23.1 Å². The lowest BCUT2D eigenvalue weighted by atomic mass is 10.0. The molecule has 0 radical (unpaired) electrons. The Morgan fingerprint density at radius 3 is 2.59 bits per heavy atom. The molecule has 7 nitrogen and oxygen atoms in total. The zero-order chi connectivity index (χ0) is 22.8. The number of anilines is 2. The molecular weight excluding hydrogens is 470 g/mol. The number of nitrogens with zero attached hydrogens (tertiary/aromatic N) is 3. The number of hydrogen-bond acceptors (Lipinski definition) is 5. The largest absolute Gasteiger partial charge is 0.457 e. The molecule has 0 saturated carbocycles. The first-order chi connectivity index (χ1) is 15.4. The zero-order valence-electron chi connectivity index (χ0n) is 18.3. The van der Waals surface area contributed by atoms with Crippen molar-refractivity contribution in [1.29, 1.82) is 0 Å². The molecule has 0 aliphatic rings. The van der Waals surface area contributed by atoms with E-state index in [4.69, 9.17) is 9.72 Å². The Hall–Kier alpha value is -3.39. The number of pyridine rings is 1. The van der Waals surface area contributed by atoms with Crippen LogP contribution < -0.4 is 15.4 Å². The summed E-state index contributed by atoms with van der Waals surface area (Å²) < 4.78 is 8.93. The highest BCUT2D eigenvalue weighted by molar-refractivity contribution is 9.10. The fraction of sp³-hybridized carbons (Fsp3) is 0.208. The van der Waals surface area contributed by atoms with Crippen molar-refractivity contribution in [2.75, 3.05) is 12.4 Å². The summed E-state index contributed by atoms with van der Waals surface area (Å²) in [7, 11) is 3.53. The Balaban J connectivity index is 1.59. The van der Waals surface area contributed by atoms with E-state index in [0.717, 1.165) is 27.1 Å². The predicted molar refractivity (Wildman–Crippen MR) is 130 cm³/mol. The van der Waals surface area contributed by atoms with E-state index in [-0.39, 0.29) is 5.91 Å². The van der Waals surface area contributed by atoms with Crippen LogP contribution in [0.1, 0.15) is 35.8 Å². The number of imidazole rings is 1. The molecule has 0 aliphatic heterocycles. The van der Waals surface area contributed by atoms with Gasteiger partial charge in [0.15, 0.2) is 0 Å². The lowest BCUT2D eigenvalue weighted by Gasteiger charge is -2.11. The third kappa shape index (κ3) is 4.45. The van der Waals surface area contributed by atoms with E-state index in [1.165, 1.54) is 5.56 Å². The normalized spacial score (nSPS) is 11.1. The van der Waals surface area contributed by atoms with Crippen LogP contribution in [0.5, 0.6) is 11.5 Å². The second kappa shape index (κ2) is 9.00. The van der Waals surface area contributed by atoms with Crippen LogP contribution >= 0.6 is 15.9 Å². The van der Waals surface area contributed by atoms with Gasteiger partial charge < -0.3 is 19.9 Å². The Morgan fingerprint density at radius 1 is 1.09 bits per heavy atom. The van der Waals surface area contributed by atoms with Crippen LogP contribution in [0, 0.1) is 0 Å². The molecule has 2 heterocycles. The van der Waals surface area contributed by atoms with Crippen molar-refractivity contribution in [2.24, 2.45) is 7.05 Å². The standard InChI is InChI=1S/C24H24BrN5O2/c1-14(2)15-5-7-19(18(25)11-15)28-24-29-20-12-16(6-8-22(20)30(24)4)32-17-9-10-27-21(13-17)23(31)26-3/h5-14H,1-4H3,(H,26,31)(H,28,29). The lowest BCUT2D eigenvalue weighted by Crippen LogP contribution is -2.18. The van der Waals surface area contributed by atoms with Gasteiger partial charge in [-0.3, -0.25) is 9.78 Å². The van der Waals surface area contributed by atoms with Crippen LogP contribution in [-0.4, -0.2) is 27.5 Å². The molecule has 4 rings (SSSR count). The molecule has 4 aromatic rings. The lowest BCUT2D eigenvalue weighted by molar-refractivity contribution is 0.0958. The zero-order valence-corrected chi connectivity index (χ0v) is 19.9. The van der Waals surface area contributed by atoms with Crippen molar-refractivity contribution in [3.05, 3.63) is 70.5 Å². The number of benzene rings is 2. The molecule has 0 unspecified atom stereocenters. The highest BCUT2D eigenvalue weighted by Gasteiger charge is 2.12. The number of hydrogen-bond donors (Lipinski definition) is 2. The van der Waals surface area contributed by atoms with Gasteiger partial charge in [-0.25, -0.2) is 4.98 Å². The topological polar surface area (TPSA) is 81.1 Å². The molecule has 32 heavy (non-hydrogen) atoms. The summed E-state index contributed by atoms with van der Waals surface area (Å²) >= 11 is 3.66. The first kappa shape index (κ1) is 21.8. The summed E-state index contributed by atoms with van der Waals surface area (Å²) in [5, 5.41) is 5.96. The Bertz CT molecular complexity index is 1300. The minimum absolute atomic E-state index is 0.265. The van der Waals surface area contributed by atoms with Gasteiger partial charge in [0.1, 0.15) is 17.2 Å². The first-order valence-corrected chi connectivity index (χ1v) is 11.0. The third-order valence-electron chi connectivity index (χ3n) is 5.19. The molecule has 0 atom stereocenters. The van der Waals surface area contributed by atoms with Gasteiger partial charge in [-0.05, 0) is 57.7 Å². The fourth-order valence-electron chi connectivity index (χ4n) is 3.33. The number of aromatic nitrogens is 3. The van der Waals surface area contributed by atoms with Crippen molar-refractivity contribution >= 4 is 44.5 Å². The maximum absolute atomic E-state index is 11.8. The molecule has 2 N–H and O–H groups in total. The van der Waals surface area contributed by atoms with E-state index in [9.17, 15) is 4.79 Å². The second-order valence-corrected chi connectivity index (χ2v) is 8.58. The van der Waals surface area contributed by atoms with Crippen LogP contribution in [0.15, 0.2) is 59.2 Å². The van der Waals surface area contributed by atoms with Crippen molar-refractivity contribution in [2.45, 2.75) is 19.8 Å². The molecule has 0 saturated heterocycles. The van der Waals surface area contributed by atoms with Gasteiger partial charge in [-0.2, -0.15) is 0 Å². The maximum atomic E-state index is 11.8. The van der Waals surface area contributed by atoms with Gasteiger partial charge in [0.05, 0.1) is 16.7 Å². The molecule has 0 bridgehead atoms. The molecule has 0 spiro atoms. The summed E-state index contributed by atoms with van der Waals surface area (Å²) in [6.07, 6.45) is 1.55. The predicted octanol–water partition coefficient (Wildman–Crippen LogP) is 5.75. The van der Waals surface area contributed by atoms with E-state index < -0.39 is 0 Å². The summed E-state index contributed by atoms with van der Waals surface area (Å²) in [6, 6.07) is 15.3. The minimum atomic E-state index is -0.265. The summed E-state index contributed by atoms with van der Waals surface area (Å²) in [6.45, 7) is 4.34. The highest BCUT2D eigenvalue weighted by atomic mass is 79.9. The quantitative estimate of drug-likeness (QED) is 0.357. The van der Waals surface area contributed by atoms with Crippen molar-refractivity contribution in [3.63, 3.8) is 0 Å². The van der Waals surface area contributed by atoms with Crippen LogP contribution in [0.25, 0.3) is 11.0 Å². The second-order valence-electron chi connectivity index (χ2n) is 7.72. The number of rotatable bonds is 6. The smallest absolute Gasteiger partial charge is 0.269 e. The van der Waals surface area contributed by atoms with Crippen molar-refractivity contribution in [1.82, 2.24) is 19.9 Å². The van der Waals surface area contributed by atoms with Crippen LogP contribution in [-0.2, 0) is 7.05 Å². The number of nitrogens with one attached hydrogen (secondary N) is 2. The molecule has 0 aliphatic carbocycles. The molecule has 2 aromatic carbocycles. The summed E-state index contributed by atoms with van der Waals surface area (Å²) in [4.78, 5) is 20.6. The average molecular weight is 494 g/mol. The van der Waals surface area contributed by atoms with Crippen molar-refractivity contribution in [3.8, 4) is 11.5 Å². The molecular formula is C24H24BrN5O2. The van der Waals surface area contributed by atoms with Gasteiger partial charge in [-0.15, -0.1) is 0 Å². The maximum Gasteiger partial charge on any atom is 0.269 e. The number of fused-ring (bicyclic) bond motifs is 1. The molecule has 0 fully saturated rings. The Labute approximate surface area is 195 Å². The first-order valence-electron chi connectivity index (χ1n) is 10.2. The number of ether oxygens (including phenoxy) is 1. The third-order valence-corrected chi connectivity index (χ3v) is 5.84. The fourth-order valence-corrected chi connectivity index (χ4v) is 3.83. The summed E-state index contributed by atoms with van der Waals surface area (Å²) in [5.41, 5.74) is 4.27. The summed E-state index contributed by atoms with van der Waals surface area (Å²) in [5.74, 6) is 2.07. The number of halogens is 1. The number of aryl methyl sites for hydroxylation is 1. The van der Waals surface area contributed by atoms with Gasteiger partial charge in [0.25, 0.3) is 5.91 Å². The average Bonchev–Trinajstić information content (AvgIpc) is 3.09. The number of amides is 1. The SMILES string of the molecule is CNC(=O)c1cc(Oc2ccc3c(c2)nc(Nc2ccc(C(C)C)cc2Br)n3C)ccn1. The van der Waals surface area contributed by atoms with Crippen LogP contribution in [0.3, 0.4) is 0 Å². The Morgan fingerprint density at radius 2 is 1.88 bits per heavy atom. The molecule has 1 amide bonds. The van der Waals surface area contributed by atoms with Gasteiger partial charge in [-0.1, -0.05) is 19.9 Å². The van der Waals surface area contributed by atoms with E-state index in [1.807, 2.05) is 29.8 Å². The monoisotopic (exact) mass is 493 g/mol. The number of carbonyl (C=O) groups is 1. The highest BCUT2D eigenvalue weighted by Crippen LogP contribution is 2.31. The molecule has 164 valence electrons. The number of carbonyl (C=O) groups excluding carboxylic acids is 1. The molecule has 8 heteroatoms. The van der Waals surface area contributed by atoms with E-state index in [2.05, 4.69) is 63.6 Å². The van der Waals surface area contributed by atoms with Crippen LogP contribution in [0.2, 0.25) is 0 Å². The van der Waals surface area contributed by atoms with Gasteiger partial charge >= 0.3 is 0 Å². The van der Waals surface area contributed by atoms with E-state index >= 15 is 0 Å². The minimum Gasteiger partial charge on any atom is -0.457 e. The van der Waals surface area contributed by atoms with Crippen LogP contribution in [0.4, 0.5) is 11.6 Å². The van der Waals surface area contributed by atoms with Gasteiger partial charge in [0, 0.05) is 36.9 Å². The molecule has 2 aromatic heterocycles. The van der Waals surface area contributed by atoms with Crippen molar-refractivity contribution < 1.29 is 9.53 Å². The van der Waals surface area contributed by atoms with Gasteiger partial charge in [0.2, 0.25) is 5.95 Å².